The quantitative estimate of drug-likeness (QED) is 0.814. The van der Waals surface area contributed by atoms with Crippen LogP contribution >= 0.6 is 11.3 Å². The molecule has 0 saturated carbocycles. The first-order valence-corrected chi connectivity index (χ1v) is 5.49. The van der Waals surface area contributed by atoms with Gasteiger partial charge in [-0.3, -0.25) is 0 Å². The SMILES string of the molecule is COCCC(C)Oc1csc(C(=O)O)c1. The third-order valence-electron chi connectivity index (χ3n) is 1.85. The maximum Gasteiger partial charge on any atom is 0.346 e. The zero-order valence-electron chi connectivity index (χ0n) is 8.73. The van der Waals surface area contributed by atoms with Crippen LogP contribution in [0.25, 0.3) is 0 Å². The fourth-order valence-electron chi connectivity index (χ4n) is 1.07. The lowest BCUT2D eigenvalue weighted by atomic mass is 10.3. The normalized spacial score (nSPS) is 12.4. The second-order valence-corrected chi connectivity index (χ2v) is 4.07. The second kappa shape index (κ2) is 5.72. The number of carboxylic acid groups (broad SMARTS) is 1. The molecule has 5 heteroatoms. The van der Waals surface area contributed by atoms with Gasteiger partial charge in [0.05, 0.1) is 6.10 Å². The molecule has 1 aromatic rings. The maximum atomic E-state index is 10.6. The third kappa shape index (κ3) is 3.89. The second-order valence-electron chi connectivity index (χ2n) is 3.16. The first-order chi connectivity index (χ1) is 7.13. The lowest BCUT2D eigenvalue weighted by molar-refractivity contribution is 0.0701. The number of aromatic carboxylic acids is 1. The summed E-state index contributed by atoms with van der Waals surface area (Å²) >= 11 is 1.17. The molecule has 0 aromatic carbocycles. The van der Waals surface area contributed by atoms with Gasteiger partial charge in [-0.25, -0.2) is 4.79 Å². The number of ether oxygens (including phenoxy) is 2. The van der Waals surface area contributed by atoms with Crippen molar-refractivity contribution < 1.29 is 19.4 Å². The van der Waals surface area contributed by atoms with Crippen molar-refractivity contribution in [2.45, 2.75) is 19.4 Å². The van der Waals surface area contributed by atoms with Gasteiger partial charge in [-0.2, -0.15) is 0 Å². The molecule has 0 amide bonds. The van der Waals surface area contributed by atoms with Crippen molar-refractivity contribution in [3.05, 3.63) is 16.3 Å². The molecule has 1 N–H and O–H groups in total. The van der Waals surface area contributed by atoms with E-state index in [1.54, 1.807) is 12.5 Å². The summed E-state index contributed by atoms with van der Waals surface area (Å²) in [6.45, 7) is 2.56. The van der Waals surface area contributed by atoms with E-state index in [0.717, 1.165) is 6.42 Å². The molecule has 1 atom stereocenters. The van der Waals surface area contributed by atoms with Gasteiger partial charge in [0.15, 0.2) is 0 Å². The lowest BCUT2D eigenvalue weighted by Crippen LogP contribution is -2.13. The van der Waals surface area contributed by atoms with Gasteiger partial charge < -0.3 is 14.6 Å². The highest BCUT2D eigenvalue weighted by molar-refractivity contribution is 7.12. The number of carbonyl (C=O) groups is 1. The molecule has 84 valence electrons. The van der Waals surface area contributed by atoms with Crippen LogP contribution in [0.5, 0.6) is 5.75 Å². The van der Waals surface area contributed by atoms with Crippen LogP contribution in [0.2, 0.25) is 0 Å². The Morgan fingerprint density at radius 1 is 1.67 bits per heavy atom. The van der Waals surface area contributed by atoms with E-state index in [4.69, 9.17) is 14.6 Å². The van der Waals surface area contributed by atoms with Crippen molar-refractivity contribution in [2.24, 2.45) is 0 Å². The first-order valence-electron chi connectivity index (χ1n) is 4.61. The maximum absolute atomic E-state index is 10.6. The van der Waals surface area contributed by atoms with Gasteiger partial charge in [-0.15, -0.1) is 11.3 Å². The number of hydrogen-bond donors (Lipinski definition) is 1. The molecule has 1 aromatic heterocycles. The first kappa shape index (κ1) is 12.0. The van der Waals surface area contributed by atoms with Gasteiger partial charge in [0.2, 0.25) is 0 Å². The smallest absolute Gasteiger partial charge is 0.346 e. The Morgan fingerprint density at radius 3 is 2.93 bits per heavy atom. The topological polar surface area (TPSA) is 55.8 Å². The predicted octanol–water partition coefficient (Wildman–Crippen LogP) is 2.25. The van der Waals surface area contributed by atoms with Crippen LogP contribution in [0.15, 0.2) is 11.4 Å². The summed E-state index contributed by atoms with van der Waals surface area (Å²) in [4.78, 5) is 10.9. The van der Waals surface area contributed by atoms with E-state index in [1.165, 1.54) is 17.4 Å². The largest absolute Gasteiger partial charge is 0.490 e. The van der Waals surface area contributed by atoms with E-state index in [2.05, 4.69) is 0 Å². The summed E-state index contributed by atoms with van der Waals surface area (Å²) < 4.78 is 10.4. The van der Waals surface area contributed by atoms with Crippen molar-refractivity contribution >= 4 is 17.3 Å². The van der Waals surface area contributed by atoms with Gasteiger partial charge in [0.1, 0.15) is 10.6 Å². The van der Waals surface area contributed by atoms with Crippen LogP contribution in [0.4, 0.5) is 0 Å². The van der Waals surface area contributed by atoms with Gasteiger partial charge in [0.25, 0.3) is 0 Å². The van der Waals surface area contributed by atoms with E-state index >= 15 is 0 Å². The summed E-state index contributed by atoms with van der Waals surface area (Å²) in [5, 5.41) is 10.4. The Labute approximate surface area is 92.4 Å². The highest BCUT2D eigenvalue weighted by Gasteiger charge is 2.09. The molecule has 0 radical (unpaired) electrons. The van der Waals surface area contributed by atoms with Crippen LogP contribution in [0.1, 0.15) is 23.0 Å². The number of methoxy groups -OCH3 is 1. The summed E-state index contributed by atoms with van der Waals surface area (Å²) in [5.41, 5.74) is 0. The fraction of sp³-hybridized carbons (Fsp3) is 0.500. The van der Waals surface area contributed by atoms with Crippen LogP contribution in [-0.2, 0) is 4.74 Å². The predicted molar refractivity (Wildman–Crippen MR) is 57.9 cm³/mol. The van der Waals surface area contributed by atoms with Crippen molar-refractivity contribution in [2.75, 3.05) is 13.7 Å². The Bertz CT molecular complexity index is 321. The molecule has 0 spiro atoms. The van der Waals surface area contributed by atoms with Crippen molar-refractivity contribution in [1.82, 2.24) is 0 Å². The molecular weight excluding hydrogens is 216 g/mol. The summed E-state index contributed by atoms with van der Waals surface area (Å²) in [7, 11) is 1.64. The Morgan fingerprint density at radius 2 is 2.40 bits per heavy atom. The van der Waals surface area contributed by atoms with Crippen LogP contribution in [0, 0.1) is 0 Å². The monoisotopic (exact) mass is 230 g/mol. The van der Waals surface area contributed by atoms with Crippen LogP contribution in [0.3, 0.4) is 0 Å². The highest BCUT2D eigenvalue weighted by Crippen LogP contribution is 2.22. The van der Waals surface area contributed by atoms with Crippen molar-refractivity contribution in [1.29, 1.82) is 0 Å². The minimum absolute atomic E-state index is 0.0289. The average molecular weight is 230 g/mol. The molecule has 1 heterocycles. The molecule has 15 heavy (non-hydrogen) atoms. The standard InChI is InChI=1S/C10H14O4S/c1-7(3-4-13-2)14-8-5-9(10(11)12)15-6-8/h5-7H,3-4H2,1-2H3,(H,11,12). The van der Waals surface area contributed by atoms with E-state index in [0.29, 0.717) is 17.2 Å². The van der Waals surface area contributed by atoms with E-state index < -0.39 is 5.97 Å². The lowest BCUT2D eigenvalue weighted by Gasteiger charge is -2.12. The van der Waals surface area contributed by atoms with Gasteiger partial charge in [0, 0.05) is 31.6 Å². The summed E-state index contributed by atoms with van der Waals surface area (Å²) in [6, 6.07) is 1.54. The zero-order chi connectivity index (χ0) is 11.3. The van der Waals surface area contributed by atoms with Crippen molar-refractivity contribution in [3.8, 4) is 5.75 Å². The van der Waals surface area contributed by atoms with E-state index in [9.17, 15) is 4.79 Å². The van der Waals surface area contributed by atoms with Crippen LogP contribution < -0.4 is 4.74 Å². The Balaban J connectivity index is 2.46. The number of hydrogen-bond acceptors (Lipinski definition) is 4. The third-order valence-corrected chi connectivity index (χ3v) is 2.75. The number of carboxylic acids is 1. The van der Waals surface area contributed by atoms with Gasteiger partial charge in [-0.1, -0.05) is 0 Å². The van der Waals surface area contributed by atoms with Gasteiger partial charge in [-0.05, 0) is 6.92 Å². The molecule has 0 aliphatic carbocycles. The Kier molecular flexibility index (Phi) is 4.58. The minimum atomic E-state index is -0.917. The van der Waals surface area contributed by atoms with Crippen molar-refractivity contribution in [3.63, 3.8) is 0 Å². The molecule has 1 rings (SSSR count). The highest BCUT2D eigenvalue weighted by atomic mass is 32.1. The minimum Gasteiger partial charge on any atom is -0.490 e. The molecule has 0 aliphatic rings. The molecule has 0 aliphatic heterocycles. The summed E-state index contributed by atoms with van der Waals surface area (Å²) in [5.74, 6) is -0.305. The molecule has 0 bridgehead atoms. The molecule has 0 saturated heterocycles. The number of thiophene rings is 1. The van der Waals surface area contributed by atoms with Crippen LogP contribution in [-0.4, -0.2) is 30.9 Å². The number of rotatable bonds is 6. The molecule has 1 unspecified atom stereocenters. The zero-order valence-corrected chi connectivity index (χ0v) is 9.54. The van der Waals surface area contributed by atoms with E-state index in [-0.39, 0.29) is 6.10 Å². The van der Waals surface area contributed by atoms with E-state index in [1.807, 2.05) is 6.92 Å². The average Bonchev–Trinajstić information content (AvgIpc) is 2.63. The van der Waals surface area contributed by atoms with Gasteiger partial charge >= 0.3 is 5.97 Å². The molecule has 4 nitrogen and oxygen atoms in total. The fourth-order valence-corrected chi connectivity index (χ4v) is 1.72. The molecular formula is C10H14O4S. The summed E-state index contributed by atoms with van der Waals surface area (Å²) in [6.07, 6.45) is 0.815. The molecule has 0 fully saturated rings. The Hall–Kier alpha value is -1.07.